The van der Waals surface area contributed by atoms with Gasteiger partial charge in [0.1, 0.15) is 4.21 Å². The minimum atomic E-state index is -3.52. The molecule has 0 unspecified atom stereocenters. The zero-order chi connectivity index (χ0) is 15.7. The summed E-state index contributed by atoms with van der Waals surface area (Å²) in [5.74, 6) is 0. The van der Waals surface area contributed by atoms with Gasteiger partial charge < -0.3 is 0 Å². The standard InChI is InChI=1S/C15H15N3O2S2/c1-10-9-14(17-16-10)12-4-6-13(7-5-12)18-22(19,20)15-8-3-11(2)21-15/h3-9,18H,1-2H3,(H,16,17). The molecule has 114 valence electrons. The Balaban J connectivity index is 1.82. The second-order valence-electron chi connectivity index (χ2n) is 4.98. The Labute approximate surface area is 133 Å². The molecule has 3 aromatic rings. The first-order valence-electron chi connectivity index (χ1n) is 6.66. The third-order valence-corrected chi connectivity index (χ3v) is 5.99. The summed E-state index contributed by atoms with van der Waals surface area (Å²) in [6.07, 6.45) is 0. The van der Waals surface area contributed by atoms with Crippen LogP contribution in [-0.4, -0.2) is 18.6 Å². The van der Waals surface area contributed by atoms with E-state index in [0.29, 0.717) is 9.90 Å². The van der Waals surface area contributed by atoms with Crippen molar-refractivity contribution in [1.29, 1.82) is 0 Å². The maximum Gasteiger partial charge on any atom is 0.271 e. The second-order valence-corrected chi connectivity index (χ2v) is 8.18. The van der Waals surface area contributed by atoms with Crippen LogP contribution in [-0.2, 0) is 10.0 Å². The summed E-state index contributed by atoms with van der Waals surface area (Å²) in [5, 5.41) is 7.06. The average Bonchev–Trinajstić information content (AvgIpc) is 3.08. The maximum absolute atomic E-state index is 12.3. The number of aryl methyl sites for hydroxylation is 2. The Hall–Kier alpha value is -2.12. The van der Waals surface area contributed by atoms with Crippen molar-refractivity contribution in [2.75, 3.05) is 4.72 Å². The largest absolute Gasteiger partial charge is 0.282 e. The molecule has 0 atom stereocenters. The van der Waals surface area contributed by atoms with Gasteiger partial charge in [-0.05, 0) is 44.2 Å². The molecule has 0 bridgehead atoms. The Morgan fingerprint density at radius 2 is 1.82 bits per heavy atom. The van der Waals surface area contributed by atoms with Crippen LogP contribution in [0.3, 0.4) is 0 Å². The van der Waals surface area contributed by atoms with Crippen LogP contribution >= 0.6 is 11.3 Å². The summed E-state index contributed by atoms with van der Waals surface area (Å²) in [7, 11) is -3.52. The first-order valence-corrected chi connectivity index (χ1v) is 8.96. The van der Waals surface area contributed by atoms with Gasteiger partial charge in [0, 0.05) is 21.8 Å². The number of nitrogens with one attached hydrogen (secondary N) is 2. The molecule has 2 N–H and O–H groups in total. The number of H-pyrrole nitrogens is 1. The summed E-state index contributed by atoms with van der Waals surface area (Å²) < 4.78 is 27.4. The number of benzene rings is 1. The van der Waals surface area contributed by atoms with Crippen molar-refractivity contribution in [2.24, 2.45) is 0 Å². The van der Waals surface area contributed by atoms with Crippen LogP contribution in [0.1, 0.15) is 10.6 Å². The highest BCUT2D eigenvalue weighted by atomic mass is 32.2. The Morgan fingerprint density at radius 1 is 1.09 bits per heavy atom. The van der Waals surface area contributed by atoms with E-state index in [1.165, 1.54) is 11.3 Å². The quantitative estimate of drug-likeness (QED) is 0.766. The smallest absolute Gasteiger partial charge is 0.271 e. The third kappa shape index (κ3) is 3.05. The van der Waals surface area contributed by atoms with E-state index in [0.717, 1.165) is 21.8 Å². The van der Waals surface area contributed by atoms with Crippen molar-refractivity contribution in [3.63, 3.8) is 0 Å². The molecule has 0 aliphatic heterocycles. The highest BCUT2D eigenvalue weighted by Crippen LogP contribution is 2.25. The van der Waals surface area contributed by atoms with Gasteiger partial charge in [-0.3, -0.25) is 9.82 Å². The molecule has 22 heavy (non-hydrogen) atoms. The Kier molecular flexibility index (Phi) is 3.76. The normalized spacial score (nSPS) is 11.5. The number of sulfonamides is 1. The fraction of sp³-hybridized carbons (Fsp3) is 0.133. The summed E-state index contributed by atoms with van der Waals surface area (Å²) >= 11 is 1.25. The number of rotatable bonds is 4. The van der Waals surface area contributed by atoms with Crippen LogP contribution in [0, 0.1) is 13.8 Å². The third-order valence-electron chi connectivity index (χ3n) is 3.12. The second kappa shape index (κ2) is 5.58. The first kappa shape index (κ1) is 14.8. The molecular formula is C15H15N3O2S2. The van der Waals surface area contributed by atoms with Crippen molar-refractivity contribution in [3.05, 3.63) is 53.0 Å². The van der Waals surface area contributed by atoms with Crippen LogP contribution in [0.15, 0.2) is 46.7 Å². The number of hydrogen-bond acceptors (Lipinski definition) is 4. The van der Waals surface area contributed by atoms with Crippen molar-refractivity contribution in [1.82, 2.24) is 10.2 Å². The lowest BCUT2D eigenvalue weighted by Gasteiger charge is -2.06. The van der Waals surface area contributed by atoms with E-state index in [9.17, 15) is 8.42 Å². The van der Waals surface area contributed by atoms with Crippen LogP contribution in [0.5, 0.6) is 0 Å². The molecule has 0 aliphatic carbocycles. The van der Waals surface area contributed by atoms with Crippen LogP contribution < -0.4 is 4.72 Å². The van der Waals surface area contributed by atoms with Crippen LogP contribution in [0.2, 0.25) is 0 Å². The molecule has 0 amide bonds. The topological polar surface area (TPSA) is 74.8 Å². The molecule has 0 spiro atoms. The summed E-state index contributed by atoms with van der Waals surface area (Å²) in [6.45, 7) is 3.81. The van der Waals surface area contributed by atoms with E-state index in [4.69, 9.17) is 0 Å². The van der Waals surface area contributed by atoms with E-state index in [-0.39, 0.29) is 0 Å². The molecule has 2 heterocycles. The molecule has 0 aliphatic rings. The highest BCUT2D eigenvalue weighted by molar-refractivity contribution is 7.94. The molecule has 2 aromatic heterocycles. The molecular weight excluding hydrogens is 318 g/mol. The van der Waals surface area contributed by atoms with E-state index in [1.807, 2.05) is 32.0 Å². The number of thiophene rings is 1. The number of nitrogens with zero attached hydrogens (tertiary/aromatic N) is 1. The number of aromatic amines is 1. The van der Waals surface area contributed by atoms with Gasteiger partial charge in [-0.2, -0.15) is 5.10 Å². The molecule has 1 aromatic carbocycles. The predicted molar refractivity (Wildman–Crippen MR) is 88.6 cm³/mol. The maximum atomic E-state index is 12.3. The lowest BCUT2D eigenvalue weighted by molar-refractivity contribution is 0.603. The monoisotopic (exact) mass is 333 g/mol. The van der Waals surface area contributed by atoms with Crippen molar-refractivity contribution < 1.29 is 8.42 Å². The molecule has 0 saturated heterocycles. The van der Waals surface area contributed by atoms with Gasteiger partial charge in [-0.1, -0.05) is 12.1 Å². The van der Waals surface area contributed by atoms with Gasteiger partial charge in [0.15, 0.2) is 0 Å². The van der Waals surface area contributed by atoms with Gasteiger partial charge in [0.05, 0.1) is 5.69 Å². The first-order chi connectivity index (χ1) is 10.4. The SMILES string of the molecule is Cc1cc(-c2ccc(NS(=O)(=O)c3ccc(C)s3)cc2)n[nH]1. The zero-order valence-corrected chi connectivity index (χ0v) is 13.8. The zero-order valence-electron chi connectivity index (χ0n) is 12.1. The Bertz CT molecular complexity index is 893. The van der Waals surface area contributed by atoms with E-state index >= 15 is 0 Å². The van der Waals surface area contributed by atoms with E-state index in [1.54, 1.807) is 24.3 Å². The molecule has 0 fully saturated rings. The molecule has 7 heteroatoms. The van der Waals surface area contributed by atoms with Crippen molar-refractivity contribution >= 4 is 27.0 Å². The number of aromatic nitrogens is 2. The van der Waals surface area contributed by atoms with Gasteiger partial charge in [-0.15, -0.1) is 11.3 Å². The fourth-order valence-corrected chi connectivity index (χ4v) is 4.38. The minimum Gasteiger partial charge on any atom is -0.282 e. The van der Waals surface area contributed by atoms with E-state index in [2.05, 4.69) is 14.9 Å². The lowest BCUT2D eigenvalue weighted by atomic mass is 10.1. The lowest BCUT2D eigenvalue weighted by Crippen LogP contribution is -2.11. The molecule has 0 saturated carbocycles. The predicted octanol–water partition coefficient (Wildman–Crippen LogP) is 3.56. The minimum absolute atomic E-state index is 0.317. The van der Waals surface area contributed by atoms with Gasteiger partial charge in [-0.25, -0.2) is 8.42 Å². The van der Waals surface area contributed by atoms with Gasteiger partial charge in [0.25, 0.3) is 10.0 Å². The summed E-state index contributed by atoms with van der Waals surface area (Å²) in [5.41, 5.74) is 3.27. The van der Waals surface area contributed by atoms with Gasteiger partial charge >= 0.3 is 0 Å². The fourth-order valence-electron chi connectivity index (χ4n) is 2.04. The van der Waals surface area contributed by atoms with Crippen LogP contribution in [0.4, 0.5) is 5.69 Å². The summed E-state index contributed by atoms with van der Waals surface area (Å²) in [4.78, 5) is 0.963. The molecule has 0 radical (unpaired) electrons. The average molecular weight is 333 g/mol. The highest BCUT2D eigenvalue weighted by Gasteiger charge is 2.16. The summed E-state index contributed by atoms with van der Waals surface area (Å²) in [6, 6.07) is 12.5. The molecule has 3 rings (SSSR count). The van der Waals surface area contributed by atoms with Crippen molar-refractivity contribution in [3.8, 4) is 11.3 Å². The van der Waals surface area contributed by atoms with E-state index < -0.39 is 10.0 Å². The number of hydrogen-bond donors (Lipinski definition) is 2. The Morgan fingerprint density at radius 3 is 2.36 bits per heavy atom. The van der Waals surface area contributed by atoms with Gasteiger partial charge in [0.2, 0.25) is 0 Å². The molecule has 5 nitrogen and oxygen atoms in total. The van der Waals surface area contributed by atoms with Crippen LogP contribution in [0.25, 0.3) is 11.3 Å². The van der Waals surface area contributed by atoms with Crippen molar-refractivity contribution in [2.45, 2.75) is 18.1 Å². The number of anilines is 1.